The van der Waals surface area contributed by atoms with E-state index in [-0.39, 0.29) is 11.0 Å². The third kappa shape index (κ3) is 6.83. The van der Waals surface area contributed by atoms with Crippen LogP contribution in [0.25, 0.3) is 0 Å². The van der Waals surface area contributed by atoms with Crippen molar-refractivity contribution in [3.05, 3.63) is 48.7 Å². The van der Waals surface area contributed by atoms with Gasteiger partial charge in [0, 0.05) is 11.2 Å². The highest BCUT2D eigenvalue weighted by Crippen LogP contribution is 2.25. The maximum absolute atomic E-state index is 3.86. The monoisotopic (exact) mass is 233 g/mol. The number of hydrogen-bond acceptors (Lipinski definition) is 1. The Morgan fingerprint density at radius 3 is 1.71 bits per heavy atom. The molecular formula is C16H27N. The molecule has 0 rings (SSSR count). The SMILES string of the molecule is C=C/C(=C\C=C(/C=C)C(C)(C)C)NC(C)(C)C. The van der Waals surface area contributed by atoms with Crippen LogP contribution in [-0.2, 0) is 0 Å². The van der Waals surface area contributed by atoms with Gasteiger partial charge >= 0.3 is 0 Å². The lowest BCUT2D eigenvalue weighted by Gasteiger charge is -2.23. The highest BCUT2D eigenvalue weighted by atomic mass is 15.0. The summed E-state index contributed by atoms with van der Waals surface area (Å²) >= 11 is 0. The molecule has 0 fully saturated rings. The number of rotatable bonds is 4. The smallest absolute Gasteiger partial charge is 0.0338 e. The van der Waals surface area contributed by atoms with Crippen molar-refractivity contribution in [2.75, 3.05) is 0 Å². The molecule has 0 amide bonds. The molecule has 0 aliphatic rings. The first-order valence-corrected chi connectivity index (χ1v) is 6.05. The van der Waals surface area contributed by atoms with Gasteiger partial charge < -0.3 is 5.32 Å². The fourth-order valence-corrected chi connectivity index (χ4v) is 1.40. The van der Waals surface area contributed by atoms with Gasteiger partial charge in [0.05, 0.1) is 0 Å². The molecule has 1 heteroatoms. The van der Waals surface area contributed by atoms with Crippen LogP contribution in [-0.4, -0.2) is 5.54 Å². The summed E-state index contributed by atoms with van der Waals surface area (Å²) in [6.45, 7) is 20.6. The Kier molecular flexibility index (Phi) is 5.47. The van der Waals surface area contributed by atoms with Gasteiger partial charge in [-0.3, -0.25) is 0 Å². The quantitative estimate of drug-likeness (QED) is 0.700. The molecule has 0 unspecified atom stereocenters. The Hall–Kier alpha value is -1.24. The van der Waals surface area contributed by atoms with E-state index < -0.39 is 0 Å². The van der Waals surface area contributed by atoms with Gasteiger partial charge in [-0.2, -0.15) is 0 Å². The van der Waals surface area contributed by atoms with Crippen LogP contribution in [0.1, 0.15) is 41.5 Å². The maximum Gasteiger partial charge on any atom is 0.0338 e. The molecule has 0 saturated carbocycles. The number of hydrogen-bond donors (Lipinski definition) is 1. The van der Waals surface area contributed by atoms with E-state index in [2.05, 4.69) is 72.2 Å². The fourth-order valence-electron chi connectivity index (χ4n) is 1.40. The summed E-state index contributed by atoms with van der Waals surface area (Å²) in [4.78, 5) is 0. The van der Waals surface area contributed by atoms with Gasteiger partial charge in [0.15, 0.2) is 0 Å². The van der Waals surface area contributed by atoms with Crippen LogP contribution in [0.3, 0.4) is 0 Å². The minimum atomic E-state index is 0.0456. The van der Waals surface area contributed by atoms with E-state index in [4.69, 9.17) is 0 Å². The number of allylic oxidation sites excluding steroid dienone is 5. The van der Waals surface area contributed by atoms with Crippen molar-refractivity contribution < 1.29 is 0 Å². The summed E-state index contributed by atoms with van der Waals surface area (Å²) in [7, 11) is 0. The van der Waals surface area contributed by atoms with Crippen molar-refractivity contribution in [1.82, 2.24) is 5.32 Å². The van der Waals surface area contributed by atoms with Crippen molar-refractivity contribution >= 4 is 0 Å². The largest absolute Gasteiger partial charge is 0.380 e. The zero-order valence-corrected chi connectivity index (χ0v) is 12.2. The van der Waals surface area contributed by atoms with Crippen LogP contribution < -0.4 is 5.32 Å². The molecule has 96 valence electrons. The highest BCUT2D eigenvalue weighted by Gasteiger charge is 2.13. The second-order valence-electron chi connectivity index (χ2n) is 6.28. The van der Waals surface area contributed by atoms with Crippen molar-refractivity contribution in [3.63, 3.8) is 0 Å². The molecule has 0 aromatic rings. The molecule has 0 radical (unpaired) electrons. The molecule has 0 atom stereocenters. The van der Waals surface area contributed by atoms with Crippen LogP contribution in [0.4, 0.5) is 0 Å². The van der Waals surface area contributed by atoms with Gasteiger partial charge in [0.25, 0.3) is 0 Å². The average molecular weight is 233 g/mol. The van der Waals surface area contributed by atoms with E-state index in [0.29, 0.717) is 0 Å². The minimum absolute atomic E-state index is 0.0456. The first-order chi connectivity index (χ1) is 7.60. The second-order valence-corrected chi connectivity index (χ2v) is 6.28. The van der Waals surface area contributed by atoms with Crippen LogP contribution in [0, 0.1) is 5.41 Å². The molecule has 1 N–H and O–H groups in total. The molecular weight excluding hydrogens is 206 g/mol. The molecule has 0 aromatic carbocycles. The van der Waals surface area contributed by atoms with Gasteiger partial charge in [-0.05, 0) is 43.9 Å². The van der Waals surface area contributed by atoms with Crippen LogP contribution >= 0.6 is 0 Å². The van der Waals surface area contributed by atoms with Gasteiger partial charge in [0.2, 0.25) is 0 Å². The Labute approximate surface area is 107 Å². The third-order valence-corrected chi connectivity index (χ3v) is 2.27. The van der Waals surface area contributed by atoms with E-state index in [0.717, 1.165) is 5.70 Å². The maximum atomic E-state index is 3.86. The summed E-state index contributed by atoms with van der Waals surface area (Å²) in [5.74, 6) is 0. The standard InChI is InChI=1S/C16H27N/c1-9-13(15(3,4)5)11-12-14(10-2)17-16(6,7)8/h9-12,17H,1-2H2,3-8H3/b13-11+,14-12+. The Balaban J connectivity index is 5.04. The summed E-state index contributed by atoms with van der Waals surface area (Å²) in [5.41, 5.74) is 2.41. The lowest BCUT2D eigenvalue weighted by atomic mass is 9.86. The zero-order chi connectivity index (χ0) is 13.7. The summed E-state index contributed by atoms with van der Waals surface area (Å²) < 4.78 is 0. The van der Waals surface area contributed by atoms with E-state index in [9.17, 15) is 0 Å². The minimum Gasteiger partial charge on any atom is -0.380 e. The van der Waals surface area contributed by atoms with Crippen molar-refractivity contribution in [2.45, 2.75) is 47.1 Å². The molecule has 0 aromatic heterocycles. The Bertz CT molecular complexity index is 330. The Morgan fingerprint density at radius 2 is 1.41 bits per heavy atom. The lowest BCUT2D eigenvalue weighted by Crippen LogP contribution is -2.34. The summed E-state index contributed by atoms with van der Waals surface area (Å²) in [6, 6.07) is 0. The summed E-state index contributed by atoms with van der Waals surface area (Å²) in [6.07, 6.45) is 7.91. The van der Waals surface area contributed by atoms with Gasteiger partial charge in [0.1, 0.15) is 0 Å². The molecule has 0 aliphatic heterocycles. The zero-order valence-electron chi connectivity index (χ0n) is 12.2. The fraction of sp³-hybridized carbons (Fsp3) is 0.500. The predicted molar refractivity (Wildman–Crippen MR) is 78.9 cm³/mol. The molecule has 0 aliphatic carbocycles. The van der Waals surface area contributed by atoms with Gasteiger partial charge in [-0.25, -0.2) is 0 Å². The number of nitrogens with one attached hydrogen (secondary N) is 1. The average Bonchev–Trinajstić information content (AvgIpc) is 2.12. The van der Waals surface area contributed by atoms with E-state index in [1.807, 2.05) is 12.2 Å². The molecule has 0 saturated heterocycles. The Morgan fingerprint density at radius 1 is 0.882 bits per heavy atom. The van der Waals surface area contributed by atoms with E-state index >= 15 is 0 Å². The highest BCUT2D eigenvalue weighted by molar-refractivity contribution is 5.31. The topological polar surface area (TPSA) is 12.0 Å². The first kappa shape index (κ1) is 15.8. The second kappa shape index (κ2) is 5.90. The van der Waals surface area contributed by atoms with Crippen LogP contribution in [0.15, 0.2) is 48.7 Å². The molecule has 0 bridgehead atoms. The summed E-state index contributed by atoms with van der Waals surface area (Å²) in [5, 5.41) is 3.40. The molecule has 17 heavy (non-hydrogen) atoms. The van der Waals surface area contributed by atoms with Crippen molar-refractivity contribution in [1.29, 1.82) is 0 Å². The van der Waals surface area contributed by atoms with E-state index in [1.54, 1.807) is 0 Å². The van der Waals surface area contributed by atoms with Crippen LogP contribution in [0.5, 0.6) is 0 Å². The predicted octanol–water partition coefficient (Wildman–Crippen LogP) is 4.60. The van der Waals surface area contributed by atoms with Gasteiger partial charge in [-0.15, -0.1) is 0 Å². The first-order valence-electron chi connectivity index (χ1n) is 6.05. The molecule has 1 nitrogen and oxygen atoms in total. The molecule has 0 heterocycles. The van der Waals surface area contributed by atoms with Crippen LogP contribution in [0.2, 0.25) is 0 Å². The lowest BCUT2D eigenvalue weighted by molar-refractivity contribution is 0.479. The molecule has 0 spiro atoms. The van der Waals surface area contributed by atoms with Crippen molar-refractivity contribution in [2.24, 2.45) is 5.41 Å². The van der Waals surface area contributed by atoms with Crippen molar-refractivity contribution in [3.8, 4) is 0 Å². The van der Waals surface area contributed by atoms with E-state index in [1.165, 1.54) is 5.57 Å². The normalized spacial score (nSPS) is 14.5. The third-order valence-electron chi connectivity index (χ3n) is 2.27. The van der Waals surface area contributed by atoms with Gasteiger partial charge in [-0.1, -0.05) is 46.1 Å².